The molecule has 0 saturated heterocycles. The summed E-state index contributed by atoms with van der Waals surface area (Å²) in [5.41, 5.74) is 0. The standard InChI is InChI=1S/C4H7NO4/c1-3(5(8)9)2-4(6)7/h3H,2H2,1H3,(H,6,7). The van der Waals surface area contributed by atoms with Crippen molar-refractivity contribution in [1.82, 2.24) is 0 Å². The summed E-state index contributed by atoms with van der Waals surface area (Å²) in [6.07, 6.45) is -0.410. The lowest BCUT2D eigenvalue weighted by molar-refractivity contribution is -0.517. The van der Waals surface area contributed by atoms with E-state index in [0.29, 0.717) is 0 Å². The van der Waals surface area contributed by atoms with Crippen molar-refractivity contribution in [1.29, 1.82) is 0 Å². The maximum atomic E-state index is 9.81. The van der Waals surface area contributed by atoms with Crippen LogP contribution >= 0.6 is 0 Å². The van der Waals surface area contributed by atoms with Crippen LogP contribution in [0.15, 0.2) is 0 Å². The lowest BCUT2D eigenvalue weighted by atomic mass is 10.2. The van der Waals surface area contributed by atoms with Gasteiger partial charge in [-0.1, -0.05) is 0 Å². The van der Waals surface area contributed by atoms with Gasteiger partial charge in [-0.15, -0.1) is 0 Å². The third kappa shape index (κ3) is 3.45. The molecular weight excluding hydrogens is 126 g/mol. The Morgan fingerprint density at radius 2 is 2.33 bits per heavy atom. The van der Waals surface area contributed by atoms with Crippen molar-refractivity contribution in [2.45, 2.75) is 19.4 Å². The van der Waals surface area contributed by atoms with E-state index in [2.05, 4.69) is 0 Å². The first kappa shape index (κ1) is 7.87. The number of carbonyl (C=O) groups is 1. The minimum atomic E-state index is -1.14. The van der Waals surface area contributed by atoms with Crippen LogP contribution in [0.3, 0.4) is 0 Å². The molecule has 0 rings (SSSR count). The quantitative estimate of drug-likeness (QED) is 0.438. The topological polar surface area (TPSA) is 80.4 Å². The Morgan fingerprint density at radius 1 is 1.89 bits per heavy atom. The van der Waals surface area contributed by atoms with Crippen molar-refractivity contribution in [3.8, 4) is 0 Å². The van der Waals surface area contributed by atoms with Gasteiger partial charge in [-0.3, -0.25) is 14.9 Å². The lowest BCUT2D eigenvalue weighted by Gasteiger charge is -1.96. The second kappa shape index (κ2) is 3.01. The van der Waals surface area contributed by atoms with Gasteiger partial charge in [0.1, 0.15) is 6.42 Å². The van der Waals surface area contributed by atoms with E-state index in [-0.39, 0.29) is 0 Å². The molecule has 0 aliphatic heterocycles. The highest BCUT2D eigenvalue weighted by Gasteiger charge is 2.16. The van der Waals surface area contributed by atoms with Crippen molar-refractivity contribution < 1.29 is 14.8 Å². The maximum Gasteiger partial charge on any atom is 0.310 e. The summed E-state index contributed by atoms with van der Waals surface area (Å²) in [6, 6.07) is -0.984. The monoisotopic (exact) mass is 133 g/mol. The predicted octanol–water partition coefficient (Wildman–Crippen LogP) is 0.126. The predicted molar refractivity (Wildman–Crippen MR) is 28.7 cm³/mol. The number of nitrogens with zero attached hydrogens (tertiary/aromatic N) is 1. The first-order valence-electron chi connectivity index (χ1n) is 2.39. The van der Waals surface area contributed by atoms with Crippen molar-refractivity contribution in [3.05, 3.63) is 10.1 Å². The molecule has 0 aromatic carbocycles. The van der Waals surface area contributed by atoms with E-state index >= 15 is 0 Å². The van der Waals surface area contributed by atoms with E-state index in [1.807, 2.05) is 0 Å². The van der Waals surface area contributed by atoms with Gasteiger partial charge in [0, 0.05) is 11.8 Å². The van der Waals surface area contributed by atoms with Crippen LogP contribution in [0, 0.1) is 10.1 Å². The van der Waals surface area contributed by atoms with Gasteiger partial charge < -0.3 is 5.11 Å². The molecular formula is C4H7NO4. The summed E-state index contributed by atoms with van der Waals surface area (Å²) in [5, 5.41) is 17.8. The Morgan fingerprint density at radius 3 is 2.44 bits per heavy atom. The Bertz CT molecular complexity index is 133. The van der Waals surface area contributed by atoms with E-state index in [1.165, 1.54) is 6.92 Å². The normalized spacial score (nSPS) is 12.6. The lowest BCUT2D eigenvalue weighted by Crippen LogP contribution is -2.18. The molecule has 5 heteroatoms. The Hall–Kier alpha value is -1.13. The van der Waals surface area contributed by atoms with Crippen molar-refractivity contribution in [3.63, 3.8) is 0 Å². The Labute approximate surface area is 51.4 Å². The van der Waals surface area contributed by atoms with Crippen LogP contribution in [0.2, 0.25) is 0 Å². The molecule has 52 valence electrons. The van der Waals surface area contributed by atoms with Crippen LogP contribution in [-0.4, -0.2) is 22.0 Å². The summed E-state index contributed by atoms with van der Waals surface area (Å²) in [4.78, 5) is 19.0. The SMILES string of the molecule is CC(CC(=O)O)[N+](=O)[O-]. The highest BCUT2D eigenvalue weighted by atomic mass is 16.6. The molecule has 5 nitrogen and oxygen atoms in total. The molecule has 0 bridgehead atoms. The molecule has 0 aromatic rings. The molecule has 1 atom stereocenters. The third-order valence-electron chi connectivity index (χ3n) is 0.830. The van der Waals surface area contributed by atoms with E-state index in [4.69, 9.17) is 5.11 Å². The number of carboxylic acids is 1. The van der Waals surface area contributed by atoms with Gasteiger partial charge >= 0.3 is 5.97 Å². The minimum absolute atomic E-state index is 0.410. The van der Waals surface area contributed by atoms with Gasteiger partial charge in [-0.05, 0) is 0 Å². The van der Waals surface area contributed by atoms with Crippen LogP contribution in [0.4, 0.5) is 0 Å². The maximum absolute atomic E-state index is 9.81. The first-order chi connectivity index (χ1) is 4.04. The summed E-state index contributed by atoms with van der Waals surface area (Å²) in [5.74, 6) is -1.14. The zero-order valence-electron chi connectivity index (χ0n) is 4.90. The Balaban J connectivity index is 3.63. The molecule has 0 amide bonds. The molecule has 0 heterocycles. The van der Waals surface area contributed by atoms with E-state index in [0.717, 1.165) is 0 Å². The zero-order chi connectivity index (χ0) is 7.44. The van der Waals surface area contributed by atoms with Crippen LogP contribution in [0.5, 0.6) is 0 Å². The molecule has 0 aliphatic carbocycles. The fourth-order valence-corrected chi connectivity index (χ4v) is 0.327. The molecule has 1 N–H and O–H groups in total. The molecule has 0 aromatic heterocycles. The number of hydrogen-bond donors (Lipinski definition) is 1. The van der Waals surface area contributed by atoms with Gasteiger partial charge in [-0.2, -0.15) is 0 Å². The van der Waals surface area contributed by atoms with Gasteiger partial charge in [0.15, 0.2) is 0 Å². The molecule has 0 spiro atoms. The van der Waals surface area contributed by atoms with Crippen molar-refractivity contribution in [2.24, 2.45) is 0 Å². The van der Waals surface area contributed by atoms with Gasteiger partial charge in [0.25, 0.3) is 0 Å². The summed E-state index contributed by atoms with van der Waals surface area (Å²) in [6.45, 7) is 1.26. The van der Waals surface area contributed by atoms with Crippen molar-refractivity contribution >= 4 is 5.97 Å². The molecule has 0 saturated carbocycles. The highest BCUT2D eigenvalue weighted by molar-refractivity contribution is 5.67. The van der Waals surface area contributed by atoms with Gasteiger partial charge in [0.2, 0.25) is 6.04 Å². The number of carboxylic acid groups (broad SMARTS) is 1. The second-order valence-electron chi connectivity index (χ2n) is 1.73. The molecule has 1 unspecified atom stereocenters. The van der Waals surface area contributed by atoms with Crippen LogP contribution < -0.4 is 0 Å². The van der Waals surface area contributed by atoms with Crippen LogP contribution in [-0.2, 0) is 4.79 Å². The third-order valence-corrected chi connectivity index (χ3v) is 0.830. The molecule has 0 radical (unpaired) electrons. The summed E-state index contributed by atoms with van der Waals surface area (Å²) in [7, 11) is 0. The zero-order valence-corrected chi connectivity index (χ0v) is 4.90. The van der Waals surface area contributed by atoms with E-state index in [1.54, 1.807) is 0 Å². The molecule has 0 fully saturated rings. The second-order valence-corrected chi connectivity index (χ2v) is 1.73. The summed E-state index contributed by atoms with van der Waals surface area (Å²) < 4.78 is 0. The fraction of sp³-hybridized carbons (Fsp3) is 0.750. The average Bonchev–Trinajstić information content (AvgIpc) is 1.63. The molecule has 9 heavy (non-hydrogen) atoms. The van der Waals surface area contributed by atoms with Crippen LogP contribution in [0.1, 0.15) is 13.3 Å². The Kier molecular flexibility index (Phi) is 2.63. The number of nitro groups is 1. The number of aliphatic carboxylic acids is 1. The van der Waals surface area contributed by atoms with Crippen molar-refractivity contribution in [2.75, 3.05) is 0 Å². The van der Waals surface area contributed by atoms with E-state index < -0.39 is 23.4 Å². The number of hydrogen-bond acceptors (Lipinski definition) is 3. The van der Waals surface area contributed by atoms with Gasteiger partial charge in [-0.25, -0.2) is 0 Å². The summed E-state index contributed by atoms with van der Waals surface area (Å²) >= 11 is 0. The number of rotatable bonds is 3. The average molecular weight is 133 g/mol. The van der Waals surface area contributed by atoms with Crippen LogP contribution in [0.25, 0.3) is 0 Å². The fourth-order valence-electron chi connectivity index (χ4n) is 0.327. The minimum Gasteiger partial charge on any atom is -0.481 e. The smallest absolute Gasteiger partial charge is 0.310 e. The van der Waals surface area contributed by atoms with Gasteiger partial charge in [0.05, 0.1) is 0 Å². The largest absolute Gasteiger partial charge is 0.481 e. The highest BCUT2D eigenvalue weighted by Crippen LogP contribution is 1.93. The van der Waals surface area contributed by atoms with E-state index in [9.17, 15) is 14.9 Å². The molecule has 0 aliphatic rings. The first-order valence-corrected chi connectivity index (χ1v) is 2.39.